The van der Waals surface area contributed by atoms with Crippen molar-refractivity contribution < 1.29 is 26.4 Å². The first-order valence-electron chi connectivity index (χ1n) is 11.7. The molecule has 1 aliphatic rings. The molecule has 0 unspecified atom stereocenters. The van der Waals surface area contributed by atoms with Crippen LogP contribution in [0.25, 0.3) is 0 Å². The predicted octanol–water partition coefficient (Wildman–Crippen LogP) is 5.67. The SMILES string of the molecule is CN(C)CCC(CSc1ccc(F)cc1)=Nc1c(F)cc(S(=O)(=O)NC(=O)C2(Cl)CCCCC2)cc1F. The van der Waals surface area contributed by atoms with Gasteiger partial charge in [0.1, 0.15) is 16.4 Å². The van der Waals surface area contributed by atoms with Gasteiger partial charge < -0.3 is 4.90 Å². The molecule has 6 nitrogen and oxygen atoms in total. The van der Waals surface area contributed by atoms with Crippen LogP contribution in [0.3, 0.4) is 0 Å². The monoisotopic (exact) mass is 575 g/mol. The van der Waals surface area contributed by atoms with Gasteiger partial charge >= 0.3 is 0 Å². The Balaban J connectivity index is 1.83. The third-order valence-corrected chi connectivity index (χ3v) is 8.86. The normalized spacial score (nSPS) is 16.1. The lowest BCUT2D eigenvalue weighted by atomic mass is 9.88. The molecule has 1 aliphatic carbocycles. The Kier molecular flexibility index (Phi) is 10.1. The van der Waals surface area contributed by atoms with Crippen LogP contribution >= 0.6 is 23.4 Å². The minimum atomic E-state index is -4.56. The van der Waals surface area contributed by atoms with E-state index in [1.807, 2.05) is 23.7 Å². The Morgan fingerprint density at radius 2 is 1.68 bits per heavy atom. The Morgan fingerprint density at radius 1 is 1.08 bits per heavy atom. The number of alkyl halides is 1. The summed E-state index contributed by atoms with van der Waals surface area (Å²) in [4.78, 5) is 17.3. The second-order valence-corrected chi connectivity index (χ2v) is 12.6. The van der Waals surface area contributed by atoms with Crippen LogP contribution in [0.4, 0.5) is 18.9 Å². The van der Waals surface area contributed by atoms with Gasteiger partial charge in [-0.1, -0.05) is 19.3 Å². The molecule has 202 valence electrons. The third-order valence-electron chi connectivity index (χ3n) is 5.92. The molecule has 0 spiro atoms. The highest BCUT2D eigenvalue weighted by Gasteiger charge is 2.39. The van der Waals surface area contributed by atoms with E-state index in [1.165, 1.54) is 23.9 Å². The van der Waals surface area contributed by atoms with Crippen LogP contribution in [0.2, 0.25) is 0 Å². The number of hydrogen-bond donors (Lipinski definition) is 1. The van der Waals surface area contributed by atoms with Crippen LogP contribution < -0.4 is 4.72 Å². The quantitative estimate of drug-likeness (QED) is 0.224. The summed E-state index contributed by atoms with van der Waals surface area (Å²) in [6, 6.07) is 7.09. The molecule has 0 bridgehead atoms. The number of hydrogen-bond acceptors (Lipinski definition) is 6. The smallest absolute Gasteiger partial charge is 0.264 e. The highest BCUT2D eigenvalue weighted by Crippen LogP contribution is 2.35. The van der Waals surface area contributed by atoms with Crippen molar-refractivity contribution in [2.45, 2.75) is 53.2 Å². The number of carbonyl (C=O) groups is 1. The van der Waals surface area contributed by atoms with Crippen molar-refractivity contribution in [2.24, 2.45) is 4.99 Å². The van der Waals surface area contributed by atoms with E-state index in [-0.39, 0.29) is 11.6 Å². The summed E-state index contributed by atoms with van der Waals surface area (Å²) in [6.45, 7) is 0.560. The van der Waals surface area contributed by atoms with E-state index in [0.717, 1.165) is 11.3 Å². The van der Waals surface area contributed by atoms with Gasteiger partial charge in [0, 0.05) is 22.9 Å². The predicted molar refractivity (Wildman–Crippen MR) is 141 cm³/mol. The van der Waals surface area contributed by atoms with Crippen LogP contribution in [0.5, 0.6) is 0 Å². The molecule has 2 aromatic carbocycles. The number of amides is 1. The zero-order chi connectivity index (χ0) is 27.2. The van der Waals surface area contributed by atoms with E-state index in [1.54, 1.807) is 12.1 Å². The summed E-state index contributed by atoms with van der Waals surface area (Å²) in [5.74, 6) is -3.35. The van der Waals surface area contributed by atoms with Crippen LogP contribution in [-0.2, 0) is 14.8 Å². The zero-order valence-electron chi connectivity index (χ0n) is 20.6. The lowest BCUT2D eigenvalue weighted by Crippen LogP contribution is -2.46. The van der Waals surface area contributed by atoms with Crippen LogP contribution in [0.1, 0.15) is 38.5 Å². The van der Waals surface area contributed by atoms with Crippen molar-refractivity contribution >= 4 is 50.7 Å². The van der Waals surface area contributed by atoms with Crippen molar-refractivity contribution in [2.75, 3.05) is 26.4 Å². The summed E-state index contributed by atoms with van der Waals surface area (Å²) >= 11 is 7.66. The molecule has 0 aromatic heterocycles. The van der Waals surface area contributed by atoms with Gasteiger partial charge in [0.2, 0.25) is 0 Å². The maximum absolute atomic E-state index is 15.0. The molecule has 2 aromatic rings. The first-order valence-corrected chi connectivity index (χ1v) is 14.6. The summed E-state index contributed by atoms with van der Waals surface area (Å²) < 4.78 is 70.4. The lowest BCUT2D eigenvalue weighted by molar-refractivity contribution is -0.122. The molecule has 0 aliphatic heterocycles. The number of rotatable bonds is 10. The molecule has 3 rings (SSSR count). The number of sulfonamides is 1. The van der Waals surface area contributed by atoms with Gasteiger partial charge in [-0.3, -0.25) is 9.79 Å². The molecular formula is C25H29ClF3N3O3S2. The lowest BCUT2D eigenvalue weighted by Gasteiger charge is -2.29. The van der Waals surface area contributed by atoms with E-state index in [9.17, 15) is 26.4 Å². The van der Waals surface area contributed by atoms with E-state index in [0.29, 0.717) is 56.5 Å². The van der Waals surface area contributed by atoms with Gasteiger partial charge in [-0.25, -0.2) is 26.3 Å². The van der Waals surface area contributed by atoms with Gasteiger partial charge in [0.15, 0.2) is 11.6 Å². The summed E-state index contributed by atoms with van der Waals surface area (Å²) in [6.07, 6.45) is 3.29. The fourth-order valence-electron chi connectivity index (χ4n) is 3.78. The molecule has 0 radical (unpaired) electrons. The summed E-state index contributed by atoms with van der Waals surface area (Å²) in [5, 5.41) is 0. The molecule has 37 heavy (non-hydrogen) atoms. The standard InChI is InChI=1S/C25H29ClF3N3O3S2/c1-32(2)13-10-18(16-36-19-8-6-17(27)7-9-19)30-23-21(28)14-20(15-22(23)29)37(34,35)31-24(33)25(26)11-4-3-5-12-25/h6-9,14-15H,3-5,10-13,16H2,1-2H3,(H,31,33). The van der Waals surface area contributed by atoms with Crippen LogP contribution in [-0.4, -0.2) is 56.2 Å². The van der Waals surface area contributed by atoms with Gasteiger partial charge in [-0.15, -0.1) is 23.4 Å². The topological polar surface area (TPSA) is 78.8 Å². The second-order valence-electron chi connectivity index (χ2n) is 9.17. The van der Waals surface area contributed by atoms with Gasteiger partial charge in [-0.2, -0.15) is 0 Å². The van der Waals surface area contributed by atoms with Gasteiger partial charge in [0.25, 0.3) is 15.9 Å². The first-order chi connectivity index (χ1) is 17.4. The molecule has 1 fully saturated rings. The molecule has 0 atom stereocenters. The Morgan fingerprint density at radius 3 is 2.24 bits per heavy atom. The fourth-order valence-corrected chi connectivity index (χ4v) is 6.10. The minimum absolute atomic E-state index is 0.284. The maximum atomic E-state index is 15.0. The number of halogens is 4. The number of aliphatic imine (C=N–C) groups is 1. The molecule has 1 N–H and O–H groups in total. The molecule has 1 saturated carbocycles. The van der Waals surface area contributed by atoms with Crippen molar-refractivity contribution in [1.29, 1.82) is 0 Å². The molecule has 1 amide bonds. The van der Waals surface area contributed by atoms with E-state index in [2.05, 4.69) is 4.99 Å². The van der Waals surface area contributed by atoms with Gasteiger partial charge in [0.05, 0.1) is 4.90 Å². The van der Waals surface area contributed by atoms with Crippen molar-refractivity contribution in [3.63, 3.8) is 0 Å². The largest absolute Gasteiger partial charge is 0.309 e. The Labute approximate surface area is 224 Å². The van der Waals surface area contributed by atoms with Crippen molar-refractivity contribution in [3.8, 4) is 0 Å². The number of thioether (sulfide) groups is 1. The average Bonchev–Trinajstić information content (AvgIpc) is 2.83. The molecular weight excluding hydrogens is 547 g/mol. The summed E-state index contributed by atoms with van der Waals surface area (Å²) in [7, 11) is -0.872. The van der Waals surface area contributed by atoms with E-state index in [4.69, 9.17) is 11.6 Å². The van der Waals surface area contributed by atoms with Gasteiger partial charge in [-0.05, 0) is 69.8 Å². The molecule has 12 heteroatoms. The van der Waals surface area contributed by atoms with Crippen molar-refractivity contribution in [3.05, 3.63) is 53.8 Å². The number of nitrogens with zero attached hydrogens (tertiary/aromatic N) is 2. The van der Waals surface area contributed by atoms with E-state index >= 15 is 0 Å². The average molecular weight is 576 g/mol. The highest BCUT2D eigenvalue weighted by molar-refractivity contribution is 8.00. The number of benzene rings is 2. The maximum Gasteiger partial charge on any atom is 0.264 e. The third kappa shape index (κ3) is 8.20. The van der Waals surface area contributed by atoms with Crippen LogP contribution in [0.15, 0.2) is 51.2 Å². The first kappa shape index (κ1) is 29.5. The fraction of sp³-hybridized carbons (Fsp3) is 0.440. The number of nitrogens with one attached hydrogen (secondary N) is 1. The Hall–Kier alpha value is -2.08. The highest BCUT2D eigenvalue weighted by atomic mass is 35.5. The second kappa shape index (κ2) is 12.6. The van der Waals surface area contributed by atoms with Crippen LogP contribution in [0, 0.1) is 17.5 Å². The Bertz CT molecular complexity index is 1230. The van der Waals surface area contributed by atoms with E-state index < -0.39 is 43.0 Å². The molecule has 0 saturated heterocycles. The minimum Gasteiger partial charge on any atom is -0.309 e. The number of carbonyl (C=O) groups excluding carboxylic acids is 1. The zero-order valence-corrected chi connectivity index (χ0v) is 23.0. The summed E-state index contributed by atoms with van der Waals surface area (Å²) in [5.41, 5.74) is -0.161. The molecule has 0 heterocycles. The van der Waals surface area contributed by atoms with Crippen molar-refractivity contribution in [1.82, 2.24) is 9.62 Å².